The van der Waals surface area contributed by atoms with E-state index in [1.54, 1.807) is 30.3 Å². The molecule has 3 amide bonds. The SMILES string of the molecule is CN(Cc1cccc(F)c1)C(=O)COC(=O)CCCN1C(=O)c2ccc(Br)cc2C1=O. The van der Waals surface area contributed by atoms with E-state index in [1.165, 1.54) is 24.1 Å². The maximum atomic E-state index is 13.2. The Kier molecular flexibility index (Phi) is 7.17. The van der Waals surface area contributed by atoms with Crippen LogP contribution in [0.4, 0.5) is 4.39 Å². The number of esters is 1. The highest BCUT2D eigenvalue weighted by Gasteiger charge is 2.35. The smallest absolute Gasteiger partial charge is 0.306 e. The average Bonchev–Trinajstić information content (AvgIpc) is 2.96. The molecule has 0 fully saturated rings. The Balaban J connectivity index is 1.41. The highest BCUT2D eigenvalue weighted by atomic mass is 79.9. The van der Waals surface area contributed by atoms with Crippen molar-refractivity contribution in [1.29, 1.82) is 0 Å². The molecule has 0 N–H and O–H groups in total. The number of carbonyl (C=O) groups excluding carboxylic acids is 4. The van der Waals surface area contributed by atoms with Crippen molar-refractivity contribution in [2.24, 2.45) is 0 Å². The average molecular weight is 491 g/mol. The molecule has 0 saturated carbocycles. The minimum atomic E-state index is -0.605. The van der Waals surface area contributed by atoms with E-state index in [-0.39, 0.29) is 25.9 Å². The zero-order chi connectivity index (χ0) is 22.5. The summed E-state index contributed by atoms with van der Waals surface area (Å²) < 4.78 is 18.9. The summed E-state index contributed by atoms with van der Waals surface area (Å²) >= 11 is 3.27. The predicted octanol–water partition coefficient (Wildman–Crippen LogP) is 3.17. The molecule has 0 unspecified atom stereocenters. The predicted molar refractivity (Wildman–Crippen MR) is 113 cm³/mol. The van der Waals surface area contributed by atoms with Gasteiger partial charge in [-0.1, -0.05) is 28.1 Å². The molecule has 0 spiro atoms. The minimum Gasteiger partial charge on any atom is -0.456 e. The van der Waals surface area contributed by atoms with Crippen molar-refractivity contribution in [1.82, 2.24) is 9.80 Å². The highest BCUT2D eigenvalue weighted by Crippen LogP contribution is 2.26. The lowest BCUT2D eigenvalue weighted by Gasteiger charge is -2.17. The van der Waals surface area contributed by atoms with Crippen LogP contribution in [0.1, 0.15) is 39.1 Å². The Labute approximate surface area is 186 Å². The van der Waals surface area contributed by atoms with Gasteiger partial charge >= 0.3 is 5.97 Å². The molecule has 7 nitrogen and oxygen atoms in total. The second-order valence-corrected chi connectivity index (χ2v) is 8.01. The molecule has 0 radical (unpaired) electrons. The lowest BCUT2D eigenvalue weighted by molar-refractivity contribution is -0.151. The van der Waals surface area contributed by atoms with Gasteiger partial charge in [0.1, 0.15) is 5.82 Å². The lowest BCUT2D eigenvalue weighted by Crippen LogP contribution is -2.32. The van der Waals surface area contributed by atoms with Gasteiger partial charge in [0, 0.05) is 31.0 Å². The van der Waals surface area contributed by atoms with Crippen molar-refractivity contribution in [3.05, 3.63) is 69.4 Å². The van der Waals surface area contributed by atoms with Crippen molar-refractivity contribution in [3.63, 3.8) is 0 Å². The number of benzene rings is 2. The summed E-state index contributed by atoms with van der Waals surface area (Å²) in [5.74, 6) is -2.22. The van der Waals surface area contributed by atoms with Crippen LogP contribution in [-0.2, 0) is 20.9 Å². The first-order chi connectivity index (χ1) is 14.8. The summed E-state index contributed by atoms with van der Waals surface area (Å²) in [6, 6.07) is 10.7. The summed E-state index contributed by atoms with van der Waals surface area (Å²) in [4.78, 5) is 51.2. The van der Waals surface area contributed by atoms with Crippen molar-refractivity contribution >= 4 is 39.6 Å². The zero-order valence-electron chi connectivity index (χ0n) is 16.8. The molecule has 1 aliphatic heterocycles. The first kappa shape index (κ1) is 22.6. The van der Waals surface area contributed by atoms with Crippen molar-refractivity contribution in [2.45, 2.75) is 19.4 Å². The van der Waals surface area contributed by atoms with Gasteiger partial charge < -0.3 is 9.64 Å². The Bertz CT molecular complexity index is 1040. The Morgan fingerprint density at radius 3 is 2.58 bits per heavy atom. The van der Waals surface area contributed by atoms with Gasteiger partial charge in [-0.05, 0) is 42.3 Å². The second-order valence-electron chi connectivity index (χ2n) is 7.10. The number of hydrogen-bond donors (Lipinski definition) is 0. The van der Waals surface area contributed by atoms with Gasteiger partial charge in [0.2, 0.25) is 0 Å². The van der Waals surface area contributed by atoms with Crippen molar-refractivity contribution < 1.29 is 28.3 Å². The molecule has 3 rings (SSSR count). The van der Waals surface area contributed by atoms with E-state index in [4.69, 9.17) is 4.74 Å². The third-order valence-corrected chi connectivity index (χ3v) is 5.28. The Morgan fingerprint density at radius 1 is 1.10 bits per heavy atom. The van der Waals surface area contributed by atoms with Crippen LogP contribution < -0.4 is 0 Å². The van der Waals surface area contributed by atoms with E-state index >= 15 is 0 Å². The number of fused-ring (bicyclic) bond motifs is 1. The van der Waals surface area contributed by atoms with Crippen LogP contribution in [0.25, 0.3) is 0 Å². The van der Waals surface area contributed by atoms with E-state index in [1.807, 2.05) is 0 Å². The number of rotatable bonds is 8. The fraction of sp³-hybridized carbons (Fsp3) is 0.273. The zero-order valence-corrected chi connectivity index (χ0v) is 18.4. The molecule has 0 bridgehead atoms. The minimum absolute atomic E-state index is 0.0437. The molecule has 162 valence electrons. The van der Waals surface area contributed by atoms with E-state index in [0.29, 0.717) is 21.2 Å². The second kappa shape index (κ2) is 9.82. The van der Waals surface area contributed by atoms with E-state index in [2.05, 4.69) is 15.9 Å². The first-order valence-electron chi connectivity index (χ1n) is 9.56. The third-order valence-electron chi connectivity index (χ3n) is 4.79. The molecule has 0 saturated heterocycles. The largest absolute Gasteiger partial charge is 0.456 e. The van der Waals surface area contributed by atoms with Crippen LogP contribution in [0.15, 0.2) is 46.9 Å². The topological polar surface area (TPSA) is 84.0 Å². The number of nitrogens with zero attached hydrogens (tertiary/aromatic N) is 2. The summed E-state index contributed by atoms with van der Waals surface area (Å²) in [6.07, 6.45) is 0.177. The summed E-state index contributed by atoms with van der Waals surface area (Å²) in [5.41, 5.74) is 1.28. The van der Waals surface area contributed by atoms with Gasteiger partial charge in [0.15, 0.2) is 6.61 Å². The maximum Gasteiger partial charge on any atom is 0.306 e. The molecule has 1 aliphatic rings. The normalized spacial score (nSPS) is 12.7. The van der Waals surface area contributed by atoms with E-state index in [0.717, 1.165) is 4.90 Å². The number of halogens is 2. The Hall–Kier alpha value is -3.07. The van der Waals surface area contributed by atoms with Crippen LogP contribution in [0, 0.1) is 5.82 Å². The van der Waals surface area contributed by atoms with Crippen LogP contribution in [0.2, 0.25) is 0 Å². The van der Waals surface area contributed by atoms with Crippen LogP contribution >= 0.6 is 15.9 Å². The van der Waals surface area contributed by atoms with E-state index in [9.17, 15) is 23.6 Å². The molecule has 0 aliphatic carbocycles. The monoisotopic (exact) mass is 490 g/mol. The van der Waals surface area contributed by atoms with Crippen LogP contribution in [0.5, 0.6) is 0 Å². The van der Waals surface area contributed by atoms with Crippen LogP contribution in [0.3, 0.4) is 0 Å². The number of hydrogen-bond acceptors (Lipinski definition) is 5. The number of ether oxygens (including phenoxy) is 1. The quantitative estimate of drug-likeness (QED) is 0.419. The summed E-state index contributed by atoms with van der Waals surface area (Å²) in [7, 11) is 1.53. The fourth-order valence-corrected chi connectivity index (χ4v) is 3.53. The van der Waals surface area contributed by atoms with Gasteiger partial charge in [0.05, 0.1) is 11.1 Å². The van der Waals surface area contributed by atoms with Crippen molar-refractivity contribution in [2.75, 3.05) is 20.2 Å². The molecule has 31 heavy (non-hydrogen) atoms. The molecular formula is C22H20BrFN2O5. The first-order valence-corrected chi connectivity index (χ1v) is 10.4. The molecule has 0 aromatic heterocycles. The van der Waals surface area contributed by atoms with Crippen LogP contribution in [-0.4, -0.2) is 53.7 Å². The summed E-state index contributed by atoms with van der Waals surface area (Å²) in [5, 5.41) is 0. The maximum absolute atomic E-state index is 13.2. The molecule has 2 aromatic rings. The molecular weight excluding hydrogens is 471 g/mol. The number of likely N-dealkylation sites (N-methyl/N-ethyl adjacent to an activating group) is 1. The van der Waals surface area contributed by atoms with Gasteiger partial charge in [0.25, 0.3) is 17.7 Å². The Morgan fingerprint density at radius 2 is 1.84 bits per heavy atom. The van der Waals surface area contributed by atoms with Gasteiger partial charge in [-0.2, -0.15) is 0 Å². The third kappa shape index (κ3) is 5.55. The van der Waals surface area contributed by atoms with Crippen molar-refractivity contribution in [3.8, 4) is 0 Å². The number of amides is 3. The fourth-order valence-electron chi connectivity index (χ4n) is 3.17. The molecule has 9 heteroatoms. The molecule has 0 atom stereocenters. The standard InChI is InChI=1S/C22H20BrFN2O5/c1-25(12-14-4-2-5-16(24)10-14)19(27)13-31-20(28)6-3-9-26-21(29)17-8-7-15(23)11-18(17)22(26)30/h2,4-5,7-8,10-11H,3,6,9,12-13H2,1H3. The molecule has 1 heterocycles. The lowest BCUT2D eigenvalue weighted by atomic mass is 10.1. The summed E-state index contributed by atoms with van der Waals surface area (Å²) in [6.45, 7) is -0.178. The van der Waals surface area contributed by atoms with E-state index < -0.39 is 36.1 Å². The van der Waals surface area contributed by atoms with Gasteiger partial charge in [-0.15, -0.1) is 0 Å². The number of imide groups is 1. The highest BCUT2D eigenvalue weighted by molar-refractivity contribution is 9.10. The van der Waals surface area contributed by atoms with Gasteiger partial charge in [-0.3, -0.25) is 24.1 Å². The number of carbonyl (C=O) groups is 4. The molecule has 2 aromatic carbocycles. The van der Waals surface area contributed by atoms with Gasteiger partial charge in [-0.25, -0.2) is 4.39 Å².